The fraction of sp³-hybridized carbons (Fsp3) is 0.750. The van der Waals surface area contributed by atoms with Crippen molar-refractivity contribution >= 4 is 11.9 Å². The van der Waals surface area contributed by atoms with Gasteiger partial charge in [-0.05, 0) is 13.3 Å². The zero-order valence-electron chi connectivity index (χ0n) is 7.91. The van der Waals surface area contributed by atoms with Crippen LogP contribution in [0.3, 0.4) is 0 Å². The molecule has 0 saturated carbocycles. The number of nitrogens with two attached hydrogens (primary N) is 1. The maximum Gasteiger partial charge on any atom is 0.308 e. The molecule has 5 heteroatoms. The molecule has 76 valence electrons. The monoisotopic (exact) mass is 188 g/mol. The lowest BCUT2D eigenvalue weighted by Gasteiger charge is -2.12. The summed E-state index contributed by atoms with van der Waals surface area (Å²) >= 11 is 0. The first-order valence-electron chi connectivity index (χ1n) is 4.25. The molecule has 0 aromatic rings. The number of carbonyl (C=O) groups is 2. The summed E-state index contributed by atoms with van der Waals surface area (Å²) < 4.78 is 0. The average molecular weight is 188 g/mol. The van der Waals surface area contributed by atoms with Gasteiger partial charge in [-0.15, -0.1) is 0 Å². The fourth-order valence-electron chi connectivity index (χ4n) is 0.791. The molecule has 5 nitrogen and oxygen atoms in total. The van der Waals surface area contributed by atoms with Gasteiger partial charge in [-0.1, -0.05) is 6.92 Å². The van der Waals surface area contributed by atoms with Crippen LogP contribution in [0.15, 0.2) is 0 Å². The van der Waals surface area contributed by atoms with E-state index in [2.05, 4.69) is 5.32 Å². The molecule has 0 bridgehead atoms. The van der Waals surface area contributed by atoms with Crippen molar-refractivity contribution in [2.24, 2.45) is 11.7 Å². The standard InChI is InChI=1S/C8H16N2O3/c1-3-6(8(12)13)4-10-7(11)5(2)9/h5-6H,3-4,9H2,1-2H3,(H,10,11)(H,12,13)/t5-,6?/m0/s1. The van der Waals surface area contributed by atoms with Gasteiger partial charge in [0.05, 0.1) is 12.0 Å². The largest absolute Gasteiger partial charge is 0.481 e. The third kappa shape index (κ3) is 4.47. The van der Waals surface area contributed by atoms with Gasteiger partial charge in [-0.2, -0.15) is 0 Å². The zero-order chi connectivity index (χ0) is 10.4. The molecule has 0 radical (unpaired) electrons. The van der Waals surface area contributed by atoms with E-state index in [1.807, 2.05) is 0 Å². The van der Waals surface area contributed by atoms with Gasteiger partial charge in [0.2, 0.25) is 5.91 Å². The summed E-state index contributed by atoms with van der Waals surface area (Å²) in [4.78, 5) is 21.5. The third-order valence-electron chi connectivity index (χ3n) is 1.78. The van der Waals surface area contributed by atoms with E-state index in [1.54, 1.807) is 13.8 Å². The van der Waals surface area contributed by atoms with Crippen molar-refractivity contribution < 1.29 is 14.7 Å². The molecule has 0 aliphatic heterocycles. The predicted octanol–water partition coefficient (Wildman–Crippen LogP) is -0.439. The maximum atomic E-state index is 11.0. The summed E-state index contributed by atoms with van der Waals surface area (Å²) in [6, 6.07) is -0.591. The Morgan fingerprint density at radius 3 is 2.38 bits per heavy atom. The highest BCUT2D eigenvalue weighted by molar-refractivity contribution is 5.81. The molecule has 0 aromatic carbocycles. The van der Waals surface area contributed by atoms with Gasteiger partial charge in [-0.25, -0.2) is 0 Å². The lowest BCUT2D eigenvalue weighted by molar-refractivity contribution is -0.141. The van der Waals surface area contributed by atoms with Crippen LogP contribution in [-0.4, -0.2) is 29.6 Å². The summed E-state index contributed by atoms with van der Waals surface area (Å²) in [5, 5.41) is 11.1. The lowest BCUT2D eigenvalue weighted by Crippen LogP contribution is -2.41. The highest BCUT2D eigenvalue weighted by Gasteiger charge is 2.16. The van der Waals surface area contributed by atoms with E-state index in [4.69, 9.17) is 10.8 Å². The van der Waals surface area contributed by atoms with Crippen LogP contribution in [0.1, 0.15) is 20.3 Å². The van der Waals surface area contributed by atoms with E-state index < -0.39 is 17.9 Å². The first-order chi connectivity index (χ1) is 5.99. The lowest BCUT2D eigenvalue weighted by atomic mass is 10.1. The third-order valence-corrected chi connectivity index (χ3v) is 1.78. The minimum Gasteiger partial charge on any atom is -0.481 e. The highest BCUT2D eigenvalue weighted by Crippen LogP contribution is 2.00. The molecular weight excluding hydrogens is 172 g/mol. The highest BCUT2D eigenvalue weighted by atomic mass is 16.4. The van der Waals surface area contributed by atoms with Gasteiger partial charge in [0.15, 0.2) is 0 Å². The first-order valence-corrected chi connectivity index (χ1v) is 4.25. The molecular formula is C8H16N2O3. The normalized spacial score (nSPS) is 14.7. The van der Waals surface area contributed by atoms with E-state index in [-0.39, 0.29) is 12.5 Å². The SMILES string of the molecule is CCC(CNC(=O)[C@H](C)N)C(=O)O. The summed E-state index contributed by atoms with van der Waals surface area (Å²) in [7, 11) is 0. The molecule has 1 amide bonds. The van der Waals surface area contributed by atoms with E-state index in [0.29, 0.717) is 6.42 Å². The van der Waals surface area contributed by atoms with Crippen LogP contribution in [0.4, 0.5) is 0 Å². The maximum absolute atomic E-state index is 11.0. The summed E-state index contributed by atoms with van der Waals surface area (Å²) in [6.45, 7) is 3.46. The summed E-state index contributed by atoms with van der Waals surface area (Å²) in [6.07, 6.45) is 0.495. The summed E-state index contributed by atoms with van der Waals surface area (Å²) in [5.74, 6) is -1.74. The number of rotatable bonds is 5. The smallest absolute Gasteiger partial charge is 0.308 e. The first kappa shape index (κ1) is 11.9. The Morgan fingerprint density at radius 1 is 1.54 bits per heavy atom. The Morgan fingerprint density at radius 2 is 2.08 bits per heavy atom. The number of hydrogen-bond donors (Lipinski definition) is 3. The average Bonchev–Trinajstić information content (AvgIpc) is 2.04. The number of nitrogens with one attached hydrogen (secondary N) is 1. The number of aliphatic carboxylic acids is 1. The van der Waals surface area contributed by atoms with Crippen LogP contribution in [0.5, 0.6) is 0 Å². The second-order valence-electron chi connectivity index (χ2n) is 2.98. The van der Waals surface area contributed by atoms with Gasteiger partial charge >= 0.3 is 5.97 Å². The molecule has 0 aromatic heterocycles. The minimum atomic E-state index is -0.896. The Balaban J connectivity index is 3.85. The second-order valence-corrected chi connectivity index (χ2v) is 2.98. The topological polar surface area (TPSA) is 92.4 Å². The second kappa shape index (κ2) is 5.53. The Labute approximate surface area is 77.3 Å². The fourth-order valence-corrected chi connectivity index (χ4v) is 0.791. The van der Waals surface area contributed by atoms with Gasteiger partial charge in [0, 0.05) is 6.54 Å². The molecule has 2 atom stereocenters. The molecule has 0 aliphatic carbocycles. The van der Waals surface area contributed by atoms with Crippen LogP contribution in [0.25, 0.3) is 0 Å². The van der Waals surface area contributed by atoms with E-state index >= 15 is 0 Å². The van der Waals surface area contributed by atoms with Gasteiger partial charge in [0.25, 0.3) is 0 Å². The van der Waals surface area contributed by atoms with Crippen LogP contribution < -0.4 is 11.1 Å². The van der Waals surface area contributed by atoms with Crippen molar-refractivity contribution in [3.05, 3.63) is 0 Å². The molecule has 0 fully saturated rings. The van der Waals surface area contributed by atoms with Crippen molar-refractivity contribution in [3.8, 4) is 0 Å². The van der Waals surface area contributed by atoms with Crippen molar-refractivity contribution in [1.82, 2.24) is 5.32 Å². The molecule has 0 rings (SSSR count). The molecule has 13 heavy (non-hydrogen) atoms. The van der Waals surface area contributed by atoms with Crippen LogP contribution in [-0.2, 0) is 9.59 Å². The van der Waals surface area contributed by atoms with E-state index in [0.717, 1.165) is 0 Å². The van der Waals surface area contributed by atoms with Gasteiger partial charge in [-0.3, -0.25) is 9.59 Å². The van der Waals surface area contributed by atoms with E-state index in [9.17, 15) is 9.59 Å². The van der Waals surface area contributed by atoms with Crippen LogP contribution in [0.2, 0.25) is 0 Å². The van der Waals surface area contributed by atoms with Gasteiger partial charge in [0.1, 0.15) is 0 Å². The Hall–Kier alpha value is -1.10. The Kier molecular flexibility index (Phi) is 5.06. The van der Waals surface area contributed by atoms with Gasteiger partial charge < -0.3 is 16.2 Å². The molecule has 0 aliphatic rings. The number of carboxylic acid groups (broad SMARTS) is 1. The van der Waals surface area contributed by atoms with Crippen molar-refractivity contribution in [1.29, 1.82) is 0 Å². The van der Waals surface area contributed by atoms with Crippen molar-refractivity contribution in [3.63, 3.8) is 0 Å². The number of carboxylic acids is 1. The molecule has 1 unspecified atom stereocenters. The van der Waals surface area contributed by atoms with Crippen LogP contribution >= 0.6 is 0 Å². The molecule has 0 saturated heterocycles. The minimum absolute atomic E-state index is 0.145. The quantitative estimate of drug-likeness (QED) is 0.545. The van der Waals surface area contributed by atoms with Crippen molar-refractivity contribution in [2.75, 3.05) is 6.54 Å². The zero-order valence-corrected chi connectivity index (χ0v) is 7.91. The summed E-state index contributed by atoms with van der Waals surface area (Å²) in [5.41, 5.74) is 5.28. The number of carbonyl (C=O) groups excluding carboxylic acids is 1. The molecule has 4 N–H and O–H groups in total. The van der Waals surface area contributed by atoms with Crippen LogP contribution in [0, 0.1) is 5.92 Å². The number of amides is 1. The Bertz CT molecular complexity index is 192. The molecule has 0 spiro atoms. The predicted molar refractivity (Wildman–Crippen MR) is 48.1 cm³/mol. The van der Waals surface area contributed by atoms with Crippen molar-refractivity contribution in [2.45, 2.75) is 26.3 Å². The number of hydrogen-bond acceptors (Lipinski definition) is 3. The van der Waals surface area contributed by atoms with E-state index in [1.165, 1.54) is 0 Å². The molecule has 0 heterocycles.